The van der Waals surface area contributed by atoms with Crippen molar-refractivity contribution in [1.29, 1.82) is 0 Å². The highest BCUT2D eigenvalue weighted by Crippen LogP contribution is 2.43. The summed E-state index contributed by atoms with van der Waals surface area (Å²) in [7, 11) is 0. The van der Waals surface area contributed by atoms with Crippen molar-refractivity contribution in [1.82, 2.24) is 4.98 Å². The predicted octanol–water partition coefficient (Wildman–Crippen LogP) is 6.23. The van der Waals surface area contributed by atoms with E-state index in [0.717, 1.165) is 39.4 Å². The fourth-order valence-electron chi connectivity index (χ4n) is 5.05. The molecule has 1 saturated carbocycles. The van der Waals surface area contributed by atoms with Crippen LogP contribution in [0.2, 0.25) is 0 Å². The van der Waals surface area contributed by atoms with Gasteiger partial charge in [-0.2, -0.15) is 0 Å². The molecule has 1 saturated heterocycles. The Kier molecular flexibility index (Phi) is 5.86. The number of halogens is 2. The van der Waals surface area contributed by atoms with Crippen molar-refractivity contribution in [3.63, 3.8) is 0 Å². The van der Waals surface area contributed by atoms with Gasteiger partial charge in [-0.3, -0.25) is 9.59 Å². The van der Waals surface area contributed by atoms with Gasteiger partial charge in [-0.15, -0.1) is 11.3 Å². The Bertz CT molecular complexity index is 1320. The molecular weight excluding hydrogens is 480 g/mol. The van der Waals surface area contributed by atoms with Crippen LogP contribution in [-0.4, -0.2) is 42.2 Å². The van der Waals surface area contributed by atoms with Crippen LogP contribution in [0.15, 0.2) is 48.5 Å². The Labute approximate surface area is 212 Å². The van der Waals surface area contributed by atoms with E-state index in [1.54, 1.807) is 23.1 Å². The molecule has 36 heavy (non-hydrogen) atoms. The number of piperidine rings is 1. The number of thiophene rings is 1. The number of amides is 1. The Hall–Kier alpha value is -3.13. The predicted molar refractivity (Wildman–Crippen MR) is 137 cm³/mol. The van der Waals surface area contributed by atoms with Gasteiger partial charge in [0.2, 0.25) is 0 Å². The van der Waals surface area contributed by atoms with Gasteiger partial charge in [0.25, 0.3) is 11.8 Å². The first-order valence-electron chi connectivity index (χ1n) is 12.5. The molecule has 1 aromatic carbocycles. The molecule has 1 aliphatic carbocycles. The van der Waals surface area contributed by atoms with Crippen molar-refractivity contribution in [3.05, 3.63) is 64.7 Å². The summed E-state index contributed by atoms with van der Waals surface area (Å²) in [5.41, 5.74) is 3.14. The molecule has 0 bridgehead atoms. The summed E-state index contributed by atoms with van der Waals surface area (Å²) in [5, 5.41) is 0. The molecule has 3 aliphatic rings. The third-order valence-corrected chi connectivity index (χ3v) is 8.57. The van der Waals surface area contributed by atoms with Gasteiger partial charge >= 0.3 is 0 Å². The number of fused-ring (bicyclic) bond motifs is 3. The maximum Gasteiger partial charge on any atom is 0.276 e. The van der Waals surface area contributed by atoms with Crippen LogP contribution in [0.5, 0.6) is 0 Å². The second-order valence-corrected chi connectivity index (χ2v) is 11.0. The maximum atomic E-state index is 13.7. The molecule has 0 radical (unpaired) electrons. The molecule has 6 rings (SSSR count). The second-order valence-electron chi connectivity index (χ2n) is 9.98. The molecule has 5 nitrogen and oxygen atoms in total. The largest absolute Gasteiger partial charge is 0.356 e. The standard InChI is InChI=1S/C28H27F2N3O2S/c29-28(30)11-14-32(15-12-28)25-7-3-5-21(31-25)27(35)33-13-10-19-17-24(23(34)16-18-8-9-18)36-26(19)20-4-1-2-6-22(20)33/h1-7,17-18H,8-16H2. The number of ketones is 1. The molecule has 8 heteroatoms. The summed E-state index contributed by atoms with van der Waals surface area (Å²) >= 11 is 1.53. The van der Waals surface area contributed by atoms with E-state index < -0.39 is 5.92 Å². The van der Waals surface area contributed by atoms with E-state index in [2.05, 4.69) is 4.98 Å². The molecule has 0 atom stereocenters. The number of pyridine rings is 1. The molecule has 2 aromatic heterocycles. The van der Waals surface area contributed by atoms with Crippen LogP contribution >= 0.6 is 11.3 Å². The number of alkyl halides is 2. The lowest BCUT2D eigenvalue weighted by Gasteiger charge is -2.32. The normalized spacial score (nSPS) is 18.8. The summed E-state index contributed by atoms with van der Waals surface area (Å²) in [4.78, 5) is 36.5. The first-order chi connectivity index (χ1) is 17.4. The SMILES string of the molecule is O=C(CC1CC1)c1cc2c(s1)-c1ccccc1N(C(=O)c1cccc(N3CCC(F)(F)CC3)n1)CC2. The van der Waals surface area contributed by atoms with E-state index in [4.69, 9.17) is 0 Å². The van der Waals surface area contributed by atoms with Gasteiger partial charge in [-0.05, 0) is 55.0 Å². The monoisotopic (exact) mass is 507 g/mol. The number of benzene rings is 1. The average molecular weight is 508 g/mol. The Morgan fingerprint density at radius 1 is 1.03 bits per heavy atom. The maximum absolute atomic E-state index is 13.7. The van der Waals surface area contributed by atoms with Crippen molar-refractivity contribution < 1.29 is 18.4 Å². The van der Waals surface area contributed by atoms with Crippen molar-refractivity contribution in [2.24, 2.45) is 5.92 Å². The smallest absolute Gasteiger partial charge is 0.276 e. The van der Waals surface area contributed by atoms with Crippen LogP contribution in [-0.2, 0) is 6.42 Å². The first-order valence-corrected chi connectivity index (χ1v) is 13.4. The topological polar surface area (TPSA) is 53.5 Å². The third-order valence-electron chi connectivity index (χ3n) is 7.32. The first kappa shape index (κ1) is 23.3. The molecule has 1 amide bonds. The second kappa shape index (κ2) is 9.07. The van der Waals surface area contributed by atoms with E-state index in [1.165, 1.54) is 11.3 Å². The van der Waals surface area contributed by atoms with Crippen LogP contribution in [0.1, 0.15) is 57.8 Å². The van der Waals surface area contributed by atoms with Crippen LogP contribution in [0, 0.1) is 5.92 Å². The molecule has 2 fully saturated rings. The number of anilines is 2. The number of para-hydroxylation sites is 1. The van der Waals surface area contributed by atoms with Crippen molar-refractivity contribution >= 4 is 34.5 Å². The zero-order valence-electron chi connectivity index (χ0n) is 19.9. The number of carbonyl (C=O) groups excluding carboxylic acids is 2. The Balaban J connectivity index is 1.28. The van der Waals surface area contributed by atoms with Crippen molar-refractivity contribution in [3.8, 4) is 10.4 Å². The fraction of sp³-hybridized carbons (Fsp3) is 0.393. The zero-order chi connectivity index (χ0) is 24.9. The molecule has 0 spiro atoms. The number of aromatic nitrogens is 1. The van der Waals surface area contributed by atoms with Gasteiger partial charge < -0.3 is 9.80 Å². The van der Waals surface area contributed by atoms with Gasteiger partial charge in [0.1, 0.15) is 11.5 Å². The van der Waals surface area contributed by atoms with Crippen molar-refractivity contribution in [2.75, 3.05) is 29.4 Å². The lowest BCUT2D eigenvalue weighted by Crippen LogP contribution is -2.40. The molecule has 2 aliphatic heterocycles. The minimum atomic E-state index is -2.64. The number of Topliss-reactive ketones (excluding diaryl/α,β-unsaturated/α-hetero) is 1. The number of rotatable bonds is 5. The van der Waals surface area contributed by atoms with Gasteiger partial charge in [0.15, 0.2) is 5.78 Å². The molecule has 0 unspecified atom stereocenters. The molecule has 4 heterocycles. The van der Waals surface area contributed by atoms with E-state index in [0.29, 0.717) is 36.8 Å². The summed E-state index contributed by atoms with van der Waals surface area (Å²) in [6.45, 7) is 0.899. The van der Waals surface area contributed by atoms with Crippen molar-refractivity contribution in [2.45, 2.75) is 44.4 Å². The summed E-state index contributed by atoms with van der Waals surface area (Å²) in [6.07, 6.45) is 3.15. The molecular formula is C28H27F2N3O2S. The Morgan fingerprint density at radius 2 is 1.81 bits per heavy atom. The van der Waals surface area contributed by atoms with Crippen LogP contribution in [0.4, 0.5) is 20.3 Å². The number of hydrogen-bond donors (Lipinski definition) is 0. The highest BCUT2D eigenvalue weighted by molar-refractivity contribution is 7.17. The number of nitrogens with zero attached hydrogens (tertiary/aromatic N) is 3. The van der Waals surface area contributed by atoms with E-state index in [1.807, 2.05) is 35.2 Å². The summed E-state index contributed by atoms with van der Waals surface area (Å²) in [6, 6.07) is 15.0. The average Bonchev–Trinajstić information content (AvgIpc) is 3.62. The zero-order valence-corrected chi connectivity index (χ0v) is 20.7. The Morgan fingerprint density at radius 3 is 2.58 bits per heavy atom. The van der Waals surface area contributed by atoms with E-state index in [9.17, 15) is 18.4 Å². The van der Waals surface area contributed by atoms with Gasteiger partial charge in [0.05, 0.1) is 10.6 Å². The number of carbonyl (C=O) groups is 2. The molecule has 0 N–H and O–H groups in total. The highest BCUT2D eigenvalue weighted by atomic mass is 32.1. The fourth-order valence-corrected chi connectivity index (χ4v) is 6.24. The highest BCUT2D eigenvalue weighted by Gasteiger charge is 2.35. The lowest BCUT2D eigenvalue weighted by molar-refractivity contribution is -0.0221. The number of hydrogen-bond acceptors (Lipinski definition) is 5. The van der Waals surface area contributed by atoms with Gasteiger partial charge in [0, 0.05) is 49.3 Å². The third kappa shape index (κ3) is 4.54. The molecule has 186 valence electrons. The van der Waals surface area contributed by atoms with Crippen LogP contribution in [0.3, 0.4) is 0 Å². The van der Waals surface area contributed by atoms with E-state index in [-0.39, 0.29) is 37.6 Å². The quantitative estimate of drug-likeness (QED) is 0.384. The minimum absolute atomic E-state index is 0.208. The van der Waals surface area contributed by atoms with Crippen LogP contribution in [0.25, 0.3) is 10.4 Å². The lowest BCUT2D eigenvalue weighted by atomic mass is 10.1. The van der Waals surface area contributed by atoms with E-state index >= 15 is 0 Å². The van der Waals surface area contributed by atoms with Crippen LogP contribution < -0.4 is 9.80 Å². The van der Waals surface area contributed by atoms with Gasteiger partial charge in [-0.25, -0.2) is 13.8 Å². The van der Waals surface area contributed by atoms with Gasteiger partial charge in [-0.1, -0.05) is 24.3 Å². The molecule has 3 aromatic rings. The summed E-state index contributed by atoms with van der Waals surface area (Å²) < 4.78 is 27.2. The summed E-state index contributed by atoms with van der Waals surface area (Å²) in [5.74, 6) is -1.53. The minimum Gasteiger partial charge on any atom is -0.356 e.